The van der Waals surface area contributed by atoms with Gasteiger partial charge in [-0.3, -0.25) is 9.59 Å². The quantitative estimate of drug-likeness (QED) is 0.874. The molecule has 23 heavy (non-hydrogen) atoms. The molecule has 0 bridgehead atoms. The van der Waals surface area contributed by atoms with E-state index in [9.17, 15) is 9.59 Å². The fourth-order valence-corrected chi connectivity index (χ4v) is 3.07. The van der Waals surface area contributed by atoms with Crippen molar-refractivity contribution in [3.63, 3.8) is 0 Å². The van der Waals surface area contributed by atoms with Gasteiger partial charge in [-0.25, -0.2) is 4.90 Å². The molecule has 2 aromatic rings. The van der Waals surface area contributed by atoms with Crippen molar-refractivity contribution in [2.24, 2.45) is 0 Å². The average molecular weight is 329 g/mol. The maximum Gasteiger partial charge on any atom is 0.256 e. The summed E-state index contributed by atoms with van der Waals surface area (Å²) in [4.78, 5) is 26.2. The van der Waals surface area contributed by atoms with Crippen LogP contribution in [0, 0.1) is 13.8 Å². The summed E-state index contributed by atoms with van der Waals surface area (Å²) in [6.07, 6.45) is 0.123. The van der Waals surface area contributed by atoms with Crippen molar-refractivity contribution in [2.45, 2.75) is 26.3 Å². The van der Waals surface area contributed by atoms with E-state index in [-0.39, 0.29) is 18.2 Å². The van der Waals surface area contributed by atoms with Gasteiger partial charge in [0.05, 0.1) is 17.1 Å². The molecule has 0 radical (unpaired) electrons. The summed E-state index contributed by atoms with van der Waals surface area (Å²) in [6.45, 7) is 3.95. The Morgan fingerprint density at radius 3 is 2.35 bits per heavy atom. The van der Waals surface area contributed by atoms with Crippen LogP contribution < -0.4 is 10.2 Å². The average Bonchev–Trinajstić information content (AvgIpc) is 2.78. The third kappa shape index (κ3) is 2.82. The molecule has 1 unspecified atom stereocenters. The number of imide groups is 1. The fraction of sp³-hybridized carbons (Fsp3) is 0.222. The van der Waals surface area contributed by atoms with E-state index in [2.05, 4.69) is 5.32 Å². The first kappa shape index (κ1) is 15.6. The zero-order valence-electron chi connectivity index (χ0n) is 13.0. The van der Waals surface area contributed by atoms with Crippen LogP contribution in [0.25, 0.3) is 0 Å². The molecular weight excluding hydrogens is 312 g/mol. The number of carbonyl (C=O) groups is 2. The Morgan fingerprint density at radius 2 is 1.70 bits per heavy atom. The van der Waals surface area contributed by atoms with Crippen LogP contribution in [0.3, 0.4) is 0 Å². The van der Waals surface area contributed by atoms with E-state index in [1.54, 1.807) is 24.3 Å². The van der Waals surface area contributed by atoms with Crippen LogP contribution in [0.1, 0.15) is 17.5 Å². The smallest absolute Gasteiger partial charge is 0.256 e. The van der Waals surface area contributed by atoms with E-state index < -0.39 is 6.04 Å². The second-order valence-corrected chi connectivity index (χ2v) is 6.09. The van der Waals surface area contributed by atoms with Gasteiger partial charge in [-0.1, -0.05) is 41.9 Å². The van der Waals surface area contributed by atoms with Gasteiger partial charge in [0.2, 0.25) is 5.91 Å². The van der Waals surface area contributed by atoms with Crippen molar-refractivity contribution in [3.05, 3.63) is 58.6 Å². The van der Waals surface area contributed by atoms with Crippen LogP contribution in [0.4, 0.5) is 11.4 Å². The highest BCUT2D eigenvalue weighted by atomic mass is 35.5. The van der Waals surface area contributed by atoms with E-state index in [1.165, 1.54) is 4.90 Å². The molecular formula is C18H17ClN2O2. The number of carbonyl (C=O) groups excluding carboxylic acids is 2. The number of hydrogen-bond acceptors (Lipinski definition) is 3. The minimum absolute atomic E-state index is 0.123. The Hall–Kier alpha value is -2.33. The van der Waals surface area contributed by atoms with Gasteiger partial charge in [-0.15, -0.1) is 0 Å². The van der Waals surface area contributed by atoms with E-state index in [1.807, 2.05) is 32.0 Å². The molecule has 118 valence electrons. The third-order valence-electron chi connectivity index (χ3n) is 4.04. The van der Waals surface area contributed by atoms with Crippen molar-refractivity contribution in [1.82, 2.24) is 0 Å². The molecule has 0 saturated carbocycles. The first-order valence-electron chi connectivity index (χ1n) is 7.43. The summed E-state index contributed by atoms with van der Waals surface area (Å²) in [5.41, 5.74) is 3.43. The minimum atomic E-state index is -0.571. The highest BCUT2D eigenvalue weighted by molar-refractivity contribution is 6.36. The number of amides is 2. The highest BCUT2D eigenvalue weighted by Gasteiger charge is 2.40. The van der Waals surface area contributed by atoms with Crippen molar-refractivity contribution in [2.75, 3.05) is 10.2 Å². The molecule has 2 aromatic carbocycles. The van der Waals surface area contributed by atoms with E-state index in [4.69, 9.17) is 11.6 Å². The molecule has 1 aliphatic rings. The standard InChI is InChI=1S/C18H17ClN2O2/c1-11-6-5-7-12(2)17(11)20-14-10-16(22)21(18(14)23)15-9-4-3-8-13(15)19/h3-9,14,20H,10H2,1-2H3. The summed E-state index contributed by atoms with van der Waals surface area (Å²) in [5.74, 6) is -0.516. The van der Waals surface area contributed by atoms with Gasteiger partial charge >= 0.3 is 0 Å². The number of halogens is 1. The molecule has 1 saturated heterocycles. The normalized spacial score (nSPS) is 17.7. The van der Waals surface area contributed by atoms with Gasteiger partial charge in [0, 0.05) is 5.69 Å². The minimum Gasteiger partial charge on any atom is -0.373 e. The Labute approximate surface area is 140 Å². The van der Waals surface area contributed by atoms with Crippen molar-refractivity contribution >= 4 is 34.8 Å². The fourth-order valence-electron chi connectivity index (χ4n) is 2.85. The van der Waals surface area contributed by atoms with Gasteiger partial charge < -0.3 is 5.32 Å². The SMILES string of the molecule is Cc1cccc(C)c1NC1CC(=O)N(c2ccccc2Cl)C1=O. The Bertz CT molecular complexity index is 768. The van der Waals surface area contributed by atoms with Crippen molar-refractivity contribution in [3.8, 4) is 0 Å². The molecule has 0 aliphatic carbocycles. The molecule has 4 nitrogen and oxygen atoms in total. The van der Waals surface area contributed by atoms with Crippen LogP contribution in [0.15, 0.2) is 42.5 Å². The zero-order valence-corrected chi connectivity index (χ0v) is 13.7. The number of rotatable bonds is 3. The van der Waals surface area contributed by atoms with Crippen molar-refractivity contribution in [1.29, 1.82) is 0 Å². The molecule has 2 amide bonds. The predicted molar refractivity (Wildman–Crippen MR) is 91.9 cm³/mol. The number of nitrogens with zero attached hydrogens (tertiary/aromatic N) is 1. The predicted octanol–water partition coefficient (Wildman–Crippen LogP) is 3.70. The highest BCUT2D eigenvalue weighted by Crippen LogP contribution is 2.31. The molecule has 1 fully saturated rings. The lowest BCUT2D eigenvalue weighted by molar-refractivity contribution is -0.121. The summed E-state index contributed by atoms with van der Waals surface area (Å²) in [5, 5.41) is 3.61. The number of nitrogens with one attached hydrogen (secondary N) is 1. The lowest BCUT2D eigenvalue weighted by Crippen LogP contribution is -2.35. The van der Waals surface area contributed by atoms with Crippen LogP contribution in [0.5, 0.6) is 0 Å². The number of para-hydroxylation sites is 2. The van der Waals surface area contributed by atoms with E-state index in [0.717, 1.165) is 16.8 Å². The molecule has 1 atom stereocenters. The Balaban J connectivity index is 1.89. The molecule has 3 rings (SSSR count). The Kier molecular flexibility index (Phi) is 4.09. The molecule has 1 N–H and O–H groups in total. The summed E-state index contributed by atoms with van der Waals surface area (Å²) in [6, 6.07) is 12.2. The Morgan fingerprint density at radius 1 is 1.04 bits per heavy atom. The molecule has 1 heterocycles. The van der Waals surface area contributed by atoms with Gasteiger partial charge in [-0.05, 0) is 37.1 Å². The molecule has 1 aliphatic heterocycles. The van der Waals surface area contributed by atoms with E-state index >= 15 is 0 Å². The van der Waals surface area contributed by atoms with Gasteiger partial charge in [0.25, 0.3) is 5.91 Å². The second kappa shape index (κ2) is 6.05. The largest absolute Gasteiger partial charge is 0.373 e. The molecule has 0 spiro atoms. The topological polar surface area (TPSA) is 49.4 Å². The van der Waals surface area contributed by atoms with Crippen LogP contribution in [-0.4, -0.2) is 17.9 Å². The van der Waals surface area contributed by atoms with Crippen LogP contribution >= 0.6 is 11.6 Å². The van der Waals surface area contributed by atoms with Gasteiger partial charge in [0.1, 0.15) is 6.04 Å². The van der Waals surface area contributed by atoms with Gasteiger partial charge in [-0.2, -0.15) is 0 Å². The summed E-state index contributed by atoms with van der Waals surface area (Å²) in [7, 11) is 0. The van der Waals surface area contributed by atoms with Gasteiger partial charge in [0.15, 0.2) is 0 Å². The maximum atomic E-state index is 12.7. The van der Waals surface area contributed by atoms with Crippen LogP contribution in [0.2, 0.25) is 5.02 Å². The first-order chi connectivity index (χ1) is 11.0. The number of benzene rings is 2. The maximum absolute atomic E-state index is 12.7. The number of hydrogen-bond donors (Lipinski definition) is 1. The lowest BCUT2D eigenvalue weighted by atomic mass is 10.1. The number of anilines is 2. The van der Waals surface area contributed by atoms with Crippen LogP contribution in [-0.2, 0) is 9.59 Å². The van der Waals surface area contributed by atoms with E-state index in [0.29, 0.717) is 10.7 Å². The second-order valence-electron chi connectivity index (χ2n) is 5.69. The molecule has 0 aromatic heterocycles. The monoisotopic (exact) mass is 328 g/mol. The first-order valence-corrected chi connectivity index (χ1v) is 7.81. The third-order valence-corrected chi connectivity index (χ3v) is 4.36. The number of aryl methyl sites for hydroxylation is 2. The molecule has 5 heteroatoms. The zero-order chi connectivity index (χ0) is 16.6. The summed E-state index contributed by atoms with van der Waals surface area (Å²) >= 11 is 6.13. The van der Waals surface area contributed by atoms with Crippen molar-refractivity contribution < 1.29 is 9.59 Å². The summed E-state index contributed by atoms with van der Waals surface area (Å²) < 4.78 is 0. The lowest BCUT2D eigenvalue weighted by Gasteiger charge is -2.19.